The first-order chi connectivity index (χ1) is 14.1. The lowest BCUT2D eigenvalue weighted by atomic mass is 9.91. The summed E-state index contributed by atoms with van der Waals surface area (Å²) in [7, 11) is 0. The Labute approximate surface area is 173 Å². The monoisotopic (exact) mass is 397 g/mol. The first-order valence-electron chi connectivity index (χ1n) is 10.5. The molecule has 0 bridgehead atoms. The van der Waals surface area contributed by atoms with Gasteiger partial charge in [0, 0.05) is 6.42 Å². The van der Waals surface area contributed by atoms with Gasteiger partial charge in [-0.15, -0.1) is 0 Å². The summed E-state index contributed by atoms with van der Waals surface area (Å²) in [6.07, 6.45) is 3.89. The van der Waals surface area contributed by atoms with Gasteiger partial charge in [-0.2, -0.15) is 0 Å². The van der Waals surface area contributed by atoms with Crippen molar-refractivity contribution in [2.45, 2.75) is 63.6 Å². The molecule has 1 aliphatic rings. The van der Waals surface area contributed by atoms with E-state index < -0.39 is 11.8 Å². The van der Waals surface area contributed by atoms with Gasteiger partial charge in [0.2, 0.25) is 0 Å². The highest BCUT2D eigenvalue weighted by Gasteiger charge is 2.33. The number of hydrogen-bond donors (Lipinski definition) is 2. The van der Waals surface area contributed by atoms with Crippen molar-refractivity contribution >= 4 is 5.91 Å². The van der Waals surface area contributed by atoms with Crippen LogP contribution in [0.3, 0.4) is 0 Å². The first kappa shape index (κ1) is 21.5. The molecule has 1 saturated carbocycles. The minimum absolute atomic E-state index is 0.270. The molecule has 1 atom stereocenters. The van der Waals surface area contributed by atoms with Crippen LogP contribution in [0.1, 0.15) is 49.7 Å². The molecule has 0 spiro atoms. The predicted molar refractivity (Wildman–Crippen MR) is 112 cm³/mol. The number of hydrogen-bond acceptors (Lipinski definition) is 4. The Morgan fingerprint density at radius 1 is 0.931 bits per heavy atom. The van der Waals surface area contributed by atoms with E-state index in [1.165, 1.54) is 0 Å². The second-order valence-corrected chi connectivity index (χ2v) is 7.69. The Bertz CT molecular complexity index is 729. The van der Waals surface area contributed by atoms with Crippen LogP contribution in [-0.4, -0.2) is 29.4 Å². The smallest absolute Gasteiger partial charge is 0.251 e. The third-order valence-electron chi connectivity index (χ3n) is 5.26. The summed E-state index contributed by atoms with van der Waals surface area (Å²) in [5.41, 5.74) is 0.983. The van der Waals surface area contributed by atoms with Crippen LogP contribution in [-0.2, 0) is 27.5 Å². The molecule has 1 aliphatic carbocycles. The Kier molecular flexibility index (Phi) is 8.23. The normalized spacial score (nSPS) is 16.9. The lowest BCUT2D eigenvalue weighted by Crippen LogP contribution is -2.53. The summed E-state index contributed by atoms with van der Waals surface area (Å²) in [4.78, 5) is 12.9. The highest BCUT2D eigenvalue weighted by Crippen LogP contribution is 2.26. The second-order valence-electron chi connectivity index (χ2n) is 7.69. The van der Waals surface area contributed by atoms with Gasteiger partial charge >= 0.3 is 0 Å². The first-order valence-corrected chi connectivity index (χ1v) is 10.5. The molecule has 3 rings (SSSR count). The Balaban J connectivity index is 1.53. The average Bonchev–Trinajstić information content (AvgIpc) is 2.75. The molecule has 0 saturated heterocycles. The van der Waals surface area contributed by atoms with Gasteiger partial charge in [0.15, 0.2) is 0 Å². The Hall–Kier alpha value is -2.21. The fourth-order valence-corrected chi connectivity index (χ4v) is 3.59. The fourth-order valence-electron chi connectivity index (χ4n) is 3.59. The van der Waals surface area contributed by atoms with Crippen molar-refractivity contribution in [1.29, 1.82) is 0 Å². The van der Waals surface area contributed by atoms with Gasteiger partial charge in [0.25, 0.3) is 5.91 Å². The Morgan fingerprint density at radius 2 is 1.52 bits per heavy atom. The number of nitrogens with one attached hydrogen (secondary N) is 1. The number of rotatable bonds is 10. The zero-order valence-corrected chi connectivity index (χ0v) is 16.9. The standard InChI is InChI=1S/C24H31NO4/c26-23(25-24(27)15-8-3-9-16-24)22(29-19-21-12-6-2-7-13-21)14-17-28-18-20-10-4-1-5-11-20/h1-2,4-7,10-13,22,27H,3,8-9,14-19H2,(H,25,26). The van der Waals surface area contributed by atoms with Crippen molar-refractivity contribution in [2.24, 2.45) is 0 Å². The minimum Gasteiger partial charge on any atom is -0.377 e. The molecule has 0 heterocycles. The zero-order valence-electron chi connectivity index (χ0n) is 16.9. The number of amides is 1. The van der Waals surface area contributed by atoms with Crippen LogP contribution in [0.5, 0.6) is 0 Å². The van der Waals surface area contributed by atoms with Crippen LogP contribution in [0, 0.1) is 0 Å². The molecular weight excluding hydrogens is 366 g/mol. The van der Waals surface area contributed by atoms with Gasteiger partial charge in [-0.3, -0.25) is 4.79 Å². The number of aliphatic hydroxyl groups is 1. The highest BCUT2D eigenvalue weighted by molar-refractivity contribution is 5.81. The largest absolute Gasteiger partial charge is 0.377 e. The SMILES string of the molecule is O=C(NC1(O)CCCCC1)C(CCOCc1ccccc1)OCc1ccccc1. The molecule has 5 heteroatoms. The Morgan fingerprint density at radius 3 is 2.14 bits per heavy atom. The van der Waals surface area contributed by atoms with Crippen LogP contribution < -0.4 is 5.32 Å². The van der Waals surface area contributed by atoms with Crippen molar-refractivity contribution in [1.82, 2.24) is 5.32 Å². The second kappa shape index (κ2) is 11.1. The van der Waals surface area contributed by atoms with Crippen LogP contribution in [0.2, 0.25) is 0 Å². The maximum atomic E-state index is 12.9. The summed E-state index contributed by atoms with van der Waals surface area (Å²) in [5, 5.41) is 13.5. The lowest BCUT2D eigenvalue weighted by molar-refractivity contribution is -0.145. The molecule has 0 radical (unpaired) electrons. The summed E-state index contributed by atoms with van der Waals surface area (Å²) in [6.45, 7) is 1.24. The van der Waals surface area contributed by atoms with E-state index in [-0.39, 0.29) is 5.91 Å². The molecule has 156 valence electrons. The molecule has 29 heavy (non-hydrogen) atoms. The van der Waals surface area contributed by atoms with Gasteiger partial charge in [-0.25, -0.2) is 0 Å². The molecule has 0 aromatic heterocycles. The lowest BCUT2D eigenvalue weighted by Gasteiger charge is -2.34. The van der Waals surface area contributed by atoms with E-state index in [1.807, 2.05) is 60.7 Å². The van der Waals surface area contributed by atoms with Crippen LogP contribution in [0.15, 0.2) is 60.7 Å². The third-order valence-corrected chi connectivity index (χ3v) is 5.26. The van der Waals surface area contributed by atoms with Crippen LogP contribution in [0.25, 0.3) is 0 Å². The van der Waals surface area contributed by atoms with E-state index in [0.717, 1.165) is 30.4 Å². The van der Waals surface area contributed by atoms with E-state index in [4.69, 9.17) is 9.47 Å². The van der Waals surface area contributed by atoms with Gasteiger partial charge in [-0.1, -0.05) is 67.1 Å². The van der Waals surface area contributed by atoms with Crippen molar-refractivity contribution in [3.8, 4) is 0 Å². The molecule has 1 unspecified atom stereocenters. The number of carbonyl (C=O) groups excluding carboxylic acids is 1. The van der Waals surface area contributed by atoms with Gasteiger partial charge in [0.05, 0.1) is 19.8 Å². The molecule has 2 aromatic rings. The molecule has 1 amide bonds. The van der Waals surface area contributed by atoms with Crippen molar-refractivity contribution in [3.63, 3.8) is 0 Å². The summed E-state index contributed by atoms with van der Waals surface area (Å²) < 4.78 is 11.7. The van der Waals surface area contributed by atoms with Crippen molar-refractivity contribution < 1.29 is 19.4 Å². The summed E-state index contributed by atoms with van der Waals surface area (Å²) >= 11 is 0. The maximum Gasteiger partial charge on any atom is 0.251 e. The zero-order chi connectivity index (χ0) is 20.4. The molecular formula is C24H31NO4. The molecule has 1 fully saturated rings. The average molecular weight is 398 g/mol. The summed E-state index contributed by atoms with van der Waals surface area (Å²) in [6, 6.07) is 19.7. The van der Waals surface area contributed by atoms with Crippen molar-refractivity contribution in [2.75, 3.05) is 6.61 Å². The van der Waals surface area contributed by atoms with Gasteiger partial charge < -0.3 is 19.9 Å². The van der Waals surface area contributed by atoms with E-state index >= 15 is 0 Å². The quantitative estimate of drug-likeness (QED) is 0.471. The third kappa shape index (κ3) is 7.28. The highest BCUT2D eigenvalue weighted by atomic mass is 16.5. The number of ether oxygens (including phenoxy) is 2. The van der Waals surface area contributed by atoms with E-state index in [2.05, 4.69) is 5.32 Å². The van der Waals surface area contributed by atoms with E-state index in [1.54, 1.807) is 0 Å². The predicted octanol–water partition coefficient (Wildman–Crippen LogP) is 3.95. The number of carbonyl (C=O) groups is 1. The van der Waals surface area contributed by atoms with Crippen molar-refractivity contribution in [3.05, 3.63) is 71.8 Å². The molecule has 2 aromatic carbocycles. The van der Waals surface area contributed by atoms with E-state index in [0.29, 0.717) is 39.1 Å². The fraction of sp³-hybridized carbons (Fsp3) is 0.458. The number of benzene rings is 2. The van der Waals surface area contributed by atoms with E-state index in [9.17, 15) is 9.90 Å². The van der Waals surface area contributed by atoms with Crippen LogP contribution in [0.4, 0.5) is 0 Å². The van der Waals surface area contributed by atoms with Gasteiger partial charge in [-0.05, 0) is 36.8 Å². The minimum atomic E-state index is -1.12. The topological polar surface area (TPSA) is 67.8 Å². The van der Waals surface area contributed by atoms with Crippen LogP contribution >= 0.6 is 0 Å². The maximum absolute atomic E-state index is 12.9. The molecule has 2 N–H and O–H groups in total. The summed E-state index contributed by atoms with van der Waals surface area (Å²) in [5.74, 6) is -0.270. The van der Waals surface area contributed by atoms with Gasteiger partial charge in [0.1, 0.15) is 11.8 Å². The molecule has 0 aliphatic heterocycles. The molecule has 5 nitrogen and oxygen atoms in total.